The van der Waals surface area contributed by atoms with E-state index in [2.05, 4.69) is 38.0 Å². The van der Waals surface area contributed by atoms with Crippen molar-refractivity contribution in [3.63, 3.8) is 0 Å². The van der Waals surface area contributed by atoms with E-state index >= 15 is 0 Å². The average molecular weight is 692 g/mol. The number of phosphoric ester groups is 2. The van der Waals surface area contributed by atoms with Gasteiger partial charge in [0.25, 0.3) is 5.56 Å². The normalized spacial score (nSPS) is 22.3. The van der Waals surface area contributed by atoms with Gasteiger partial charge in [-0.2, -0.15) is 8.62 Å². The number of carbonyl (C=O) groups excluding carboxylic acids is 1. The van der Waals surface area contributed by atoms with Gasteiger partial charge in [0.05, 0.1) is 19.3 Å². The van der Waals surface area contributed by atoms with Gasteiger partial charge in [-0.05, 0) is 31.7 Å². The monoisotopic (exact) mass is 692 g/mol. The summed E-state index contributed by atoms with van der Waals surface area (Å²) >= 11 is 0. The van der Waals surface area contributed by atoms with E-state index in [1.165, 1.54) is 13.1 Å². The topological polar surface area (TPSA) is 311 Å². The Hall–Kier alpha value is -2.21. The molecule has 250 valence electrons. The standard InChI is InChI=1S/C20H35N6O15P3/c1-14-12-26(20(30)24-19(14)29)18-11-15(27)16(39-18)13-38-43(33,34)41-44(35,36)40-42(31,32)37-10-5-3-2-4-8-22-17(28)7-6-9-23-25-21/h12,15-16,18,27H,2-11,13H2,1H3,(H,22,28)(H,31,32)(H,33,34)(H,35,36)(H,24,29,30)/t15-,16-,18-/m0/s1. The van der Waals surface area contributed by atoms with E-state index in [0.29, 0.717) is 32.2 Å². The summed E-state index contributed by atoms with van der Waals surface area (Å²) < 4.78 is 59.9. The van der Waals surface area contributed by atoms with Crippen LogP contribution in [0.25, 0.3) is 10.4 Å². The van der Waals surface area contributed by atoms with Crippen LogP contribution in [-0.4, -0.2) is 73.8 Å². The molecule has 0 spiro atoms. The molecular weight excluding hydrogens is 657 g/mol. The third-order valence-electron chi connectivity index (χ3n) is 5.85. The molecule has 1 amide bonds. The van der Waals surface area contributed by atoms with E-state index in [1.807, 2.05) is 0 Å². The first-order valence-electron chi connectivity index (χ1n) is 13.2. The highest BCUT2D eigenvalue weighted by molar-refractivity contribution is 7.66. The zero-order chi connectivity index (χ0) is 33.0. The van der Waals surface area contributed by atoms with Gasteiger partial charge in [0.2, 0.25) is 5.91 Å². The third-order valence-corrected chi connectivity index (χ3v) is 10.1. The lowest BCUT2D eigenvalue weighted by Crippen LogP contribution is -2.33. The van der Waals surface area contributed by atoms with Gasteiger partial charge in [-0.1, -0.05) is 18.0 Å². The molecule has 6 N–H and O–H groups in total. The van der Waals surface area contributed by atoms with Crippen LogP contribution in [0.3, 0.4) is 0 Å². The van der Waals surface area contributed by atoms with Crippen molar-refractivity contribution in [2.45, 2.75) is 70.3 Å². The molecular formula is C20H35N6O15P3. The Labute approximate surface area is 249 Å². The SMILES string of the molecule is Cc1cn([C@@H]2C[C@H](O)[C@H](COP(=O)(O)OP(=O)(O)OP(=O)(O)OCCCCCCNC(=O)CCCN=[N+]=[N-])O2)c(=O)[nH]c1=O. The van der Waals surface area contributed by atoms with Gasteiger partial charge in [0.15, 0.2) is 0 Å². The average Bonchev–Trinajstić information content (AvgIpc) is 3.27. The first-order chi connectivity index (χ1) is 20.5. The van der Waals surface area contributed by atoms with Crippen LogP contribution in [-0.2, 0) is 40.9 Å². The van der Waals surface area contributed by atoms with Crippen molar-refractivity contribution in [1.82, 2.24) is 14.9 Å². The van der Waals surface area contributed by atoms with Gasteiger partial charge in [-0.25, -0.2) is 18.5 Å². The number of amides is 1. The van der Waals surface area contributed by atoms with Crippen LogP contribution < -0.4 is 16.6 Å². The number of aromatic nitrogens is 2. The van der Waals surface area contributed by atoms with Crippen molar-refractivity contribution in [2.24, 2.45) is 5.11 Å². The number of hydrogen-bond donors (Lipinski definition) is 6. The maximum Gasteiger partial charge on any atom is 0.490 e. The summed E-state index contributed by atoms with van der Waals surface area (Å²) in [6, 6.07) is 0. The van der Waals surface area contributed by atoms with E-state index in [9.17, 15) is 47.9 Å². The number of ether oxygens (including phenoxy) is 1. The maximum absolute atomic E-state index is 12.2. The molecule has 1 saturated heterocycles. The van der Waals surface area contributed by atoms with Crippen LogP contribution in [0.15, 0.2) is 20.9 Å². The fourth-order valence-electron chi connectivity index (χ4n) is 3.76. The zero-order valence-corrected chi connectivity index (χ0v) is 26.2. The quantitative estimate of drug-likeness (QED) is 0.0372. The molecule has 44 heavy (non-hydrogen) atoms. The number of phosphoric acid groups is 3. The number of nitrogens with one attached hydrogen (secondary N) is 2. The number of nitrogens with zero attached hydrogens (tertiary/aromatic N) is 4. The van der Waals surface area contributed by atoms with Gasteiger partial charge in [0, 0.05) is 42.6 Å². The number of aryl methyl sites for hydroxylation is 1. The van der Waals surface area contributed by atoms with E-state index in [0.717, 1.165) is 4.57 Å². The number of azide groups is 1. The van der Waals surface area contributed by atoms with E-state index < -0.39 is 59.8 Å². The lowest BCUT2D eigenvalue weighted by molar-refractivity contribution is -0.121. The van der Waals surface area contributed by atoms with Gasteiger partial charge in [0.1, 0.15) is 12.3 Å². The highest BCUT2D eigenvalue weighted by atomic mass is 31.3. The van der Waals surface area contributed by atoms with Crippen LogP contribution in [0.4, 0.5) is 0 Å². The molecule has 0 saturated carbocycles. The molecule has 2 heterocycles. The second-order valence-electron chi connectivity index (χ2n) is 9.43. The molecule has 1 aliphatic rings. The van der Waals surface area contributed by atoms with Crippen molar-refractivity contribution < 1.29 is 60.7 Å². The zero-order valence-electron chi connectivity index (χ0n) is 23.5. The third kappa shape index (κ3) is 13.8. The molecule has 0 bridgehead atoms. The van der Waals surface area contributed by atoms with Crippen molar-refractivity contribution in [2.75, 3.05) is 26.3 Å². The molecule has 2 rings (SSSR count). The summed E-state index contributed by atoms with van der Waals surface area (Å²) in [6.45, 7) is 0.776. The molecule has 1 aromatic heterocycles. The minimum absolute atomic E-state index is 0.176. The van der Waals surface area contributed by atoms with Gasteiger partial charge < -0.3 is 29.8 Å². The number of aromatic amines is 1. The Morgan fingerprint density at radius 1 is 1.11 bits per heavy atom. The smallest absolute Gasteiger partial charge is 0.390 e. The first kappa shape index (κ1) is 38.0. The molecule has 0 aromatic carbocycles. The van der Waals surface area contributed by atoms with E-state index in [1.54, 1.807) is 0 Å². The van der Waals surface area contributed by atoms with Gasteiger partial charge in [-0.15, -0.1) is 0 Å². The molecule has 1 aromatic rings. The van der Waals surface area contributed by atoms with Crippen LogP contribution in [0, 0.1) is 6.92 Å². The Bertz CT molecular complexity index is 1430. The van der Waals surface area contributed by atoms with Gasteiger partial charge in [-0.3, -0.25) is 28.2 Å². The van der Waals surface area contributed by atoms with E-state index in [-0.39, 0.29) is 43.9 Å². The Morgan fingerprint density at radius 2 is 1.77 bits per heavy atom. The molecule has 21 nitrogen and oxygen atoms in total. The van der Waals surface area contributed by atoms with Crippen LogP contribution in [0.5, 0.6) is 0 Å². The summed E-state index contributed by atoms with van der Waals surface area (Å²) in [7, 11) is -16.4. The van der Waals surface area contributed by atoms with Crippen molar-refractivity contribution in [3.05, 3.63) is 43.0 Å². The van der Waals surface area contributed by atoms with Crippen LogP contribution >= 0.6 is 23.5 Å². The van der Waals surface area contributed by atoms with Crippen molar-refractivity contribution in [3.8, 4) is 0 Å². The predicted octanol–water partition coefficient (Wildman–Crippen LogP) is 1.63. The predicted molar refractivity (Wildman–Crippen MR) is 149 cm³/mol. The number of H-pyrrole nitrogens is 1. The summed E-state index contributed by atoms with van der Waals surface area (Å²) in [4.78, 5) is 69.0. The maximum atomic E-state index is 12.2. The Kier molecular flexibility index (Phi) is 15.1. The fraction of sp³-hybridized carbons (Fsp3) is 0.750. The molecule has 24 heteroatoms. The molecule has 3 unspecified atom stereocenters. The van der Waals surface area contributed by atoms with Gasteiger partial charge >= 0.3 is 29.2 Å². The minimum Gasteiger partial charge on any atom is -0.390 e. The minimum atomic E-state index is -5.70. The lowest BCUT2D eigenvalue weighted by atomic mass is 10.2. The molecule has 0 radical (unpaired) electrons. The largest absolute Gasteiger partial charge is 0.490 e. The second-order valence-corrected chi connectivity index (χ2v) is 14.1. The number of aliphatic hydroxyl groups excluding tert-OH is 1. The lowest BCUT2D eigenvalue weighted by Gasteiger charge is -2.20. The summed E-state index contributed by atoms with van der Waals surface area (Å²) in [6.07, 6.45) is -0.163. The number of carbonyl (C=O) groups is 1. The Morgan fingerprint density at radius 3 is 2.45 bits per heavy atom. The van der Waals surface area contributed by atoms with Crippen LogP contribution in [0.2, 0.25) is 0 Å². The number of rotatable bonds is 20. The fourth-order valence-corrected chi connectivity index (χ4v) is 7.30. The highest BCUT2D eigenvalue weighted by Gasteiger charge is 2.43. The molecule has 6 atom stereocenters. The van der Waals surface area contributed by atoms with Crippen molar-refractivity contribution >= 4 is 29.4 Å². The summed E-state index contributed by atoms with van der Waals surface area (Å²) in [5.74, 6) is -0.192. The summed E-state index contributed by atoms with van der Waals surface area (Å²) in [5, 5.41) is 16.2. The highest BCUT2D eigenvalue weighted by Crippen LogP contribution is 2.67. The molecule has 1 aliphatic heterocycles. The Balaban J connectivity index is 1.70. The first-order valence-corrected chi connectivity index (χ1v) is 17.7. The number of unbranched alkanes of at least 4 members (excludes halogenated alkanes) is 3. The van der Waals surface area contributed by atoms with E-state index in [4.69, 9.17) is 10.3 Å². The summed E-state index contributed by atoms with van der Waals surface area (Å²) in [5.41, 5.74) is 6.89. The number of hydrogen-bond acceptors (Lipinski definition) is 13. The van der Waals surface area contributed by atoms with Crippen LogP contribution in [0.1, 0.15) is 56.7 Å². The second kappa shape index (κ2) is 17.5. The number of aliphatic hydroxyl groups is 1. The molecule has 0 aliphatic carbocycles. The van der Waals surface area contributed by atoms with Crippen molar-refractivity contribution in [1.29, 1.82) is 0 Å². The molecule has 1 fully saturated rings.